The first kappa shape index (κ1) is 15.1. The average Bonchev–Trinajstić information content (AvgIpc) is 2.92. The second-order valence-corrected chi connectivity index (χ2v) is 5.00. The van der Waals surface area contributed by atoms with Crippen LogP contribution in [0.15, 0.2) is 34.9 Å². The number of aryl methyl sites for hydroxylation is 1. The molecular formula is C16H21N3O2. The van der Waals surface area contributed by atoms with Crippen LogP contribution < -0.4 is 10.6 Å². The highest BCUT2D eigenvalue weighted by Gasteiger charge is 2.14. The Bertz CT molecular complexity index is 607. The summed E-state index contributed by atoms with van der Waals surface area (Å²) < 4.78 is 5.52. The third-order valence-electron chi connectivity index (χ3n) is 3.11. The van der Waals surface area contributed by atoms with E-state index in [1.165, 1.54) is 0 Å². The van der Waals surface area contributed by atoms with Crippen molar-refractivity contribution in [1.29, 1.82) is 0 Å². The number of hydrogen-bond donors (Lipinski definition) is 2. The SMILES string of the molecule is CCCNc1cc(C(=O)NC(C)c2ccc(C)o2)ccn1. The molecule has 2 N–H and O–H groups in total. The summed E-state index contributed by atoms with van der Waals surface area (Å²) in [5.74, 6) is 2.16. The molecule has 5 heteroatoms. The molecule has 2 aromatic rings. The zero-order valence-corrected chi connectivity index (χ0v) is 12.6. The highest BCUT2D eigenvalue weighted by molar-refractivity contribution is 5.95. The van der Waals surface area contributed by atoms with E-state index in [1.807, 2.05) is 26.0 Å². The number of amides is 1. The Kier molecular flexibility index (Phi) is 4.98. The number of carbonyl (C=O) groups excluding carboxylic acids is 1. The summed E-state index contributed by atoms with van der Waals surface area (Å²) in [6, 6.07) is 7.04. The highest BCUT2D eigenvalue weighted by atomic mass is 16.3. The molecule has 112 valence electrons. The number of nitrogens with one attached hydrogen (secondary N) is 2. The molecule has 0 bridgehead atoms. The summed E-state index contributed by atoms with van der Waals surface area (Å²) >= 11 is 0. The standard InChI is InChI=1S/C16H21N3O2/c1-4-8-17-15-10-13(7-9-18-15)16(20)19-12(3)14-6-5-11(2)21-14/h5-7,9-10,12H,4,8H2,1-3H3,(H,17,18)(H,19,20). The van der Waals surface area contributed by atoms with Crippen LogP contribution >= 0.6 is 0 Å². The molecule has 0 aliphatic rings. The van der Waals surface area contributed by atoms with E-state index in [1.54, 1.807) is 18.3 Å². The van der Waals surface area contributed by atoms with E-state index in [-0.39, 0.29) is 11.9 Å². The van der Waals surface area contributed by atoms with Gasteiger partial charge in [0.15, 0.2) is 0 Å². The number of carbonyl (C=O) groups is 1. The molecule has 21 heavy (non-hydrogen) atoms. The Labute approximate surface area is 124 Å². The summed E-state index contributed by atoms with van der Waals surface area (Å²) in [4.78, 5) is 16.4. The Hall–Kier alpha value is -2.30. The monoisotopic (exact) mass is 287 g/mol. The van der Waals surface area contributed by atoms with Gasteiger partial charge in [-0.1, -0.05) is 6.92 Å². The van der Waals surface area contributed by atoms with Crippen LogP contribution in [0.2, 0.25) is 0 Å². The van der Waals surface area contributed by atoms with Crippen LogP contribution in [0.4, 0.5) is 5.82 Å². The highest BCUT2D eigenvalue weighted by Crippen LogP contribution is 2.16. The van der Waals surface area contributed by atoms with Crippen molar-refractivity contribution < 1.29 is 9.21 Å². The van der Waals surface area contributed by atoms with Crippen molar-refractivity contribution in [2.24, 2.45) is 0 Å². The van der Waals surface area contributed by atoms with E-state index in [0.29, 0.717) is 11.4 Å². The molecule has 0 aliphatic heterocycles. The fraction of sp³-hybridized carbons (Fsp3) is 0.375. The van der Waals surface area contributed by atoms with Crippen molar-refractivity contribution in [3.8, 4) is 0 Å². The van der Waals surface area contributed by atoms with Gasteiger partial charge in [-0.15, -0.1) is 0 Å². The van der Waals surface area contributed by atoms with Gasteiger partial charge in [-0.05, 0) is 44.5 Å². The van der Waals surface area contributed by atoms with Crippen molar-refractivity contribution in [3.63, 3.8) is 0 Å². The number of furan rings is 1. The number of rotatable bonds is 6. The molecule has 1 amide bonds. The molecule has 0 spiro atoms. The molecule has 0 aromatic carbocycles. The van der Waals surface area contributed by atoms with Gasteiger partial charge in [0.25, 0.3) is 5.91 Å². The van der Waals surface area contributed by atoms with Gasteiger partial charge in [0, 0.05) is 18.3 Å². The normalized spacial score (nSPS) is 12.0. The maximum atomic E-state index is 12.3. The van der Waals surface area contributed by atoms with Gasteiger partial charge in [-0.25, -0.2) is 4.98 Å². The Morgan fingerprint density at radius 1 is 1.38 bits per heavy atom. The van der Waals surface area contributed by atoms with Crippen molar-refractivity contribution >= 4 is 11.7 Å². The minimum Gasteiger partial charge on any atom is -0.464 e. The summed E-state index contributed by atoms with van der Waals surface area (Å²) in [6.07, 6.45) is 2.64. The largest absolute Gasteiger partial charge is 0.464 e. The van der Waals surface area contributed by atoms with Crippen molar-refractivity contribution in [3.05, 3.63) is 47.5 Å². The molecule has 0 saturated heterocycles. The second-order valence-electron chi connectivity index (χ2n) is 5.00. The first-order valence-electron chi connectivity index (χ1n) is 7.17. The number of nitrogens with zero attached hydrogens (tertiary/aromatic N) is 1. The fourth-order valence-corrected chi connectivity index (χ4v) is 1.96. The summed E-state index contributed by atoms with van der Waals surface area (Å²) in [7, 11) is 0. The summed E-state index contributed by atoms with van der Waals surface area (Å²) in [5.41, 5.74) is 0.582. The predicted octanol–water partition coefficient (Wildman–Crippen LogP) is 3.30. The van der Waals surface area contributed by atoms with Crippen LogP contribution in [-0.2, 0) is 0 Å². The molecule has 0 saturated carbocycles. The van der Waals surface area contributed by atoms with Crippen molar-refractivity contribution in [2.45, 2.75) is 33.2 Å². The van der Waals surface area contributed by atoms with Crippen LogP contribution in [0.1, 0.15) is 48.2 Å². The number of hydrogen-bond acceptors (Lipinski definition) is 4. The smallest absolute Gasteiger partial charge is 0.252 e. The molecule has 1 unspecified atom stereocenters. The maximum Gasteiger partial charge on any atom is 0.252 e. The van der Waals surface area contributed by atoms with Crippen LogP contribution in [0.25, 0.3) is 0 Å². The second kappa shape index (κ2) is 6.92. The maximum absolute atomic E-state index is 12.3. The van der Waals surface area contributed by atoms with Crippen LogP contribution in [0.3, 0.4) is 0 Å². The van der Waals surface area contributed by atoms with Crippen LogP contribution in [0, 0.1) is 6.92 Å². The average molecular weight is 287 g/mol. The third-order valence-corrected chi connectivity index (χ3v) is 3.11. The predicted molar refractivity (Wildman–Crippen MR) is 82.3 cm³/mol. The van der Waals surface area contributed by atoms with Gasteiger partial charge in [-0.2, -0.15) is 0 Å². The lowest BCUT2D eigenvalue weighted by Crippen LogP contribution is -2.26. The Balaban J connectivity index is 2.02. The summed E-state index contributed by atoms with van der Waals surface area (Å²) in [5, 5.41) is 6.09. The molecule has 0 fully saturated rings. The van der Waals surface area contributed by atoms with Gasteiger partial charge < -0.3 is 15.1 Å². The zero-order valence-electron chi connectivity index (χ0n) is 12.6. The van der Waals surface area contributed by atoms with E-state index in [4.69, 9.17) is 4.42 Å². The number of pyridine rings is 1. The summed E-state index contributed by atoms with van der Waals surface area (Å²) in [6.45, 7) is 6.69. The Morgan fingerprint density at radius 3 is 2.86 bits per heavy atom. The molecule has 2 heterocycles. The lowest BCUT2D eigenvalue weighted by atomic mass is 10.2. The van der Waals surface area contributed by atoms with E-state index in [9.17, 15) is 4.79 Å². The molecular weight excluding hydrogens is 266 g/mol. The zero-order chi connectivity index (χ0) is 15.2. The Morgan fingerprint density at radius 2 is 2.19 bits per heavy atom. The molecule has 1 atom stereocenters. The number of aromatic nitrogens is 1. The van der Waals surface area contributed by atoms with Gasteiger partial charge in [0.2, 0.25) is 0 Å². The van der Waals surface area contributed by atoms with Crippen molar-refractivity contribution in [1.82, 2.24) is 10.3 Å². The van der Waals surface area contributed by atoms with Gasteiger partial charge in [0.1, 0.15) is 17.3 Å². The quantitative estimate of drug-likeness (QED) is 0.855. The minimum absolute atomic E-state index is 0.140. The van der Waals surface area contributed by atoms with Gasteiger partial charge >= 0.3 is 0 Å². The topological polar surface area (TPSA) is 67.2 Å². The van der Waals surface area contributed by atoms with Crippen molar-refractivity contribution in [2.75, 3.05) is 11.9 Å². The molecule has 5 nitrogen and oxygen atoms in total. The molecule has 2 aromatic heterocycles. The van der Waals surface area contributed by atoms with Gasteiger partial charge in [0.05, 0.1) is 6.04 Å². The van der Waals surface area contributed by atoms with Crippen LogP contribution in [-0.4, -0.2) is 17.4 Å². The van der Waals surface area contributed by atoms with E-state index < -0.39 is 0 Å². The van der Waals surface area contributed by atoms with E-state index >= 15 is 0 Å². The molecule has 0 radical (unpaired) electrons. The van der Waals surface area contributed by atoms with E-state index in [0.717, 1.165) is 24.5 Å². The third kappa shape index (κ3) is 4.08. The van der Waals surface area contributed by atoms with Crippen LogP contribution in [0.5, 0.6) is 0 Å². The molecule has 2 rings (SSSR count). The first-order chi connectivity index (χ1) is 10.1. The number of anilines is 1. The fourth-order valence-electron chi connectivity index (χ4n) is 1.96. The first-order valence-corrected chi connectivity index (χ1v) is 7.17. The molecule has 0 aliphatic carbocycles. The van der Waals surface area contributed by atoms with Gasteiger partial charge in [-0.3, -0.25) is 4.79 Å². The minimum atomic E-state index is -0.175. The lowest BCUT2D eigenvalue weighted by Gasteiger charge is -2.12. The lowest BCUT2D eigenvalue weighted by molar-refractivity contribution is 0.0935. The van der Waals surface area contributed by atoms with E-state index in [2.05, 4.69) is 22.5 Å².